The number of nitrogens with one attached hydrogen (secondary N) is 1. The molecule has 1 amide bonds. The molecule has 0 radical (unpaired) electrons. The van der Waals surface area contributed by atoms with E-state index < -0.39 is 0 Å². The van der Waals surface area contributed by atoms with E-state index in [4.69, 9.17) is 5.73 Å². The Balaban J connectivity index is 2.24. The van der Waals surface area contributed by atoms with Gasteiger partial charge in [0.1, 0.15) is 5.03 Å². The van der Waals surface area contributed by atoms with Gasteiger partial charge in [0.2, 0.25) is 5.91 Å². The zero-order chi connectivity index (χ0) is 15.0. The monoisotopic (exact) mass is 296 g/mol. The number of rotatable bonds is 8. The molecule has 0 saturated carbocycles. The number of carbonyl (C=O) groups is 1. The lowest BCUT2D eigenvalue weighted by Crippen LogP contribution is -2.33. The standard InChI is InChI=1S/C14H24N4OS/c1-10(2)5-4-6-11(3)18-12(19)9-20-14-13(15)16-7-8-17-14/h7-8,10-11H,4-6,9H2,1-3H3,(H2,15,16)(H,18,19). The highest BCUT2D eigenvalue weighted by atomic mass is 32.2. The first kappa shape index (κ1) is 16.8. The molecular weight excluding hydrogens is 272 g/mol. The molecule has 0 spiro atoms. The van der Waals surface area contributed by atoms with Gasteiger partial charge >= 0.3 is 0 Å². The maximum Gasteiger partial charge on any atom is 0.230 e. The van der Waals surface area contributed by atoms with Crippen molar-refractivity contribution in [3.05, 3.63) is 12.4 Å². The van der Waals surface area contributed by atoms with Gasteiger partial charge in [-0.2, -0.15) is 0 Å². The summed E-state index contributed by atoms with van der Waals surface area (Å²) in [6, 6.07) is 0.209. The minimum Gasteiger partial charge on any atom is -0.381 e. The average molecular weight is 296 g/mol. The molecule has 5 nitrogen and oxygen atoms in total. The quantitative estimate of drug-likeness (QED) is 0.720. The molecule has 20 heavy (non-hydrogen) atoms. The van der Waals surface area contributed by atoms with E-state index >= 15 is 0 Å². The largest absolute Gasteiger partial charge is 0.381 e. The molecule has 1 unspecified atom stereocenters. The first-order valence-corrected chi connectivity index (χ1v) is 7.96. The van der Waals surface area contributed by atoms with Crippen molar-refractivity contribution in [2.45, 2.75) is 51.1 Å². The second kappa shape index (κ2) is 8.79. The molecular formula is C14H24N4OS. The summed E-state index contributed by atoms with van der Waals surface area (Å²) in [5.41, 5.74) is 5.68. The molecule has 0 bridgehead atoms. The molecule has 112 valence electrons. The summed E-state index contributed by atoms with van der Waals surface area (Å²) >= 11 is 1.32. The number of amides is 1. The first-order valence-electron chi connectivity index (χ1n) is 6.97. The van der Waals surface area contributed by atoms with Crippen LogP contribution in [-0.2, 0) is 4.79 Å². The van der Waals surface area contributed by atoms with Crippen molar-refractivity contribution in [3.8, 4) is 0 Å². The Kier molecular flexibility index (Phi) is 7.36. The van der Waals surface area contributed by atoms with Crippen LogP contribution in [0, 0.1) is 5.92 Å². The van der Waals surface area contributed by atoms with Crippen molar-refractivity contribution in [2.24, 2.45) is 5.92 Å². The molecule has 0 aromatic carbocycles. The van der Waals surface area contributed by atoms with Crippen molar-refractivity contribution in [1.29, 1.82) is 0 Å². The summed E-state index contributed by atoms with van der Waals surface area (Å²) in [5, 5.41) is 3.60. The Morgan fingerprint density at radius 1 is 1.30 bits per heavy atom. The zero-order valence-electron chi connectivity index (χ0n) is 12.4. The van der Waals surface area contributed by atoms with E-state index in [1.807, 2.05) is 6.92 Å². The number of hydrogen-bond acceptors (Lipinski definition) is 5. The fourth-order valence-corrected chi connectivity index (χ4v) is 2.49. The van der Waals surface area contributed by atoms with Crippen molar-refractivity contribution in [1.82, 2.24) is 15.3 Å². The normalized spacial score (nSPS) is 12.4. The summed E-state index contributed by atoms with van der Waals surface area (Å²) in [4.78, 5) is 19.8. The molecule has 1 aromatic rings. The minimum atomic E-state index is 0.0112. The molecule has 3 N–H and O–H groups in total. The van der Waals surface area contributed by atoms with Crippen molar-refractivity contribution >= 4 is 23.5 Å². The van der Waals surface area contributed by atoms with Gasteiger partial charge in [-0.1, -0.05) is 38.5 Å². The van der Waals surface area contributed by atoms with Crippen LogP contribution in [0.5, 0.6) is 0 Å². The predicted molar refractivity (Wildman–Crippen MR) is 83.5 cm³/mol. The van der Waals surface area contributed by atoms with Crippen LogP contribution in [0.3, 0.4) is 0 Å². The first-order chi connectivity index (χ1) is 9.49. The lowest BCUT2D eigenvalue weighted by atomic mass is 10.0. The summed E-state index contributed by atoms with van der Waals surface area (Å²) < 4.78 is 0. The highest BCUT2D eigenvalue weighted by molar-refractivity contribution is 8.00. The highest BCUT2D eigenvalue weighted by Gasteiger charge is 2.10. The second-order valence-corrected chi connectivity index (χ2v) is 6.29. The fraction of sp³-hybridized carbons (Fsp3) is 0.643. The smallest absolute Gasteiger partial charge is 0.230 e. The van der Waals surface area contributed by atoms with Crippen molar-refractivity contribution in [2.75, 3.05) is 11.5 Å². The Morgan fingerprint density at radius 2 is 2.00 bits per heavy atom. The van der Waals surface area contributed by atoms with E-state index in [1.165, 1.54) is 24.4 Å². The Labute approximate surface area is 125 Å². The molecule has 6 heteroatoms. The summed E-state index contributed by atoms with van der Waals surface area (Å²) in [7, 11) is 0. The molecule has 0 aliphatic carbocycles. The van der Waals surface area contributed by atoms with E-state index in [0.29, 0.717) is 22.5 Å². The van der Waals surface area contributed by atoms with E-state index in [1.54, 1.807) is 6.20 Å². The Hall–Kier alpha value is -1.30. The van der Waals surface area contributed by atoms with Gasteiger partial charge in [-0.3, -0.25) is 4.79 Å². The van der Waals surface area contributed by atoms with Crippen LogP contribution in [0.15, 0.2) is 17.4 Å². The van der Waals surface area contributed by atoms with E-state index in [9.17, 15) is 4.79 Å². The molecule has 1 atom stereocenters. The third kappa shape index (κ3) is 6.75. The van der Waals surface area contributed by atoms with Crippen molar-refractivity contribution in [3.63, 3.8) is 0 Å². The van der Waals surface area contributed by atoms with Gasteiger partial charge in [0.05, 0.1) is 5.75 Å². The number of nitrogens with two attached hydrogens (primary N) is 1. The van der Waals surface area contributed by atoms with Gasteiger partial charge in [0, 0.05) is 18.4 Å². The third-order valence-electron chi connectivity index (χ3n) is 2.86. The van der Waals surface area contributed by atoms with E-state index in [0.717, 1.165) is 12.8 Å². The summed E-state index contributed by atoms with van der Waals surface area (Å²) in [6.07, 6.45) is 6.47. The number of nitrogen functional groups attached to an aromatic ring is 1. The molecule has 1 rings (SSSR count). The SMILES string of the molecule is CC(C)CCCC(C)NC(=O)CSc1nccnc1N. The van der Waals surface area contributed by atoms with Crippen LogP contribution in [0.1, 0.15) is 40.0 Å². The predicted octanol–water partition coefficient (Wildman–Crippen LogP) is 2.48. The number of hydrogen-bond donors (Lipinski definition) is 2. The second-order valence-electron chi connectivity index (χ2n) is 5.33. The average Bonchev–Trinajstić information content (AvgIpc) is 2.37. The number of anilines is 1. The zero-order valence-corrected chi connectivity index (χ0v) is 13.2. The van der Waals surface area contributed by atoms with Crippen LogP contribution < -0.4 is 11.1 Å². The van der Waals surface area contributed by atoms with Crippen LogP contribution in [-0.4, -0.2) is 27.7 Å². The fourth-order valence-electron chi connectivity index (χ4n) is 1.80. The van der Waals surface area contributed by atoms with Crippen LogP contribution >= 0.6 is 11.8 Å². The van der Waals surface area contributed by atoms with E-state index in [-0.39, 0.29) is 11.9 Å². The topological polar surface area (TPSA) is 80.9 Å². The third-order valence-corrected chi connectivity index (χ3v) is 3.85. The molecule has 0 aliphatic rings. The number of thioether (sulfide) groups is 1. The van der Waals surface area contributed by atoms with Gasteiger partial charge in [-0.15, -0.1) is 0 Å². The number of aromatic nitrogens is 2. The van der Waals surface area contributed by atoms with E-state index in [2.05, 4.69) is 29.1 Å². The molecule has 0 fully saturated rings. The molecule has 1 heterocycles. The van der Waals surface area contributed by atoms with Crippen LogP contribution in [0.2, 0.25) is 0 Å². The summed E-state index contributed by atoms with van der Waals surface area (Å²) in [6.45, 7) is 6.47. The Morgan fingerprint density at radius 3 is 2.65 bits per heavy atom. The molecule has 1 aromatic heterocycles. The molecule has 0 saturated heterocycles. The van der Waals surface area contributed by atoms with Gasteiger partial charge in [0.15, 0.2) is 5.82 Å². The lowest BCUT2D eigenvalue weighted by Gasteiger charge is -2.14. The summed E-state index contributed by atoms with van der Waals surface area (Å²) in [5.74, 6) is 1.41. The minimum absolute atomic E-state index is 0.0112. The van der Waals surface area contributed by atoms with Crippen LogP contribution in [0.4, 0.5) is 5.82 Å². The van der Waals surface area contributed by atoms with Gasteiger partial charge < -0.3 is 11.1 Å². The number of carbonyl (C=O) groups excluding carboxylic acids is 1. The lowest BCUT2D eigenvalue weighted by molar-refractivity contribution is -0.119. The van der Waals surface area contributed by atoms with Gasteiger partial charge in [-0.25, -0.2) is 9.97 Å². The maximum absolute atomic E-state index is 11.8. The van der Waals surface area contributed by atoms with Gasteiger partial charge in [-0.05, 0) is 19.3 Å². The highest BCUT2D eigenvalue weighted by Crippen LogP contribution is 2.19. The molecule has 0 aliphatic heterocycles. The van der Waals surface area contributed by atoms with Crippen molar-refractivity contribution < 1.29 is 4.79 Å². The maximum atomic E-state index is 11.8. The van der Waals surface area contributed by atoms with Crippen LogP contribution in [0.25, 0.3) is 0 Å². The Bertz CT molecular complexity index is 425. The van der Waals surface area contributed by atoms with Gasteiger partial charge in [0.25, 0.3) is 0 Å². The number of nitrogens with zero attached hydrogens (tertiary/aromatic N) is 2.